The van der Waals surface area contributed by atoms with Crippen LogP contribution in [0.15, 0.2) is 95.7 Å². The molecular weight excluding hydrogens is 540 g/mol. The lowest BCUT2D eigenvalue weighted by Crippen LogP contribution is -2.46. The first-order valence-electron chi connectivity index (χ1n) is 14.4. The van der Waals surface area contributed by atoms with Crippen molar-refractivity contribution in [1.29, 1.82) is 0 Å². The molecule has 5 aromatic rings. The van der Waals surface area contributed by atoms with Crippen molar-refractivity contribution in [2.75, 3.05) is 4.90 Å². The topological polar surface area (TPSA) is 109 Å². The summed E-state index contributed by atoms with van der Waals surface area (Å²) in [6, 6.07) is 22.3. The summed E-state index contributed by atoms with van der Waals surface area (Å²) < 4.78 is 5.72. The number of pyridine rings is 1. The van der Waals surface area contributed by atoms with Crippen molar-refractivity contribution in [1.82, 2.24) is 15.3 Å². The first-order valence-corrected chi connectivity index (χ1v) is 14.4. The van der Waals surface area contributed by atoms with E-state index in [0.29, 0.717) is 40.2 Å². The number of carbonyl (C=O) groups is 2. The molecule has 43 heavy (non-hydrogen) atoms. The number of aliphatic hydroxyl groups excluding tert-OH is 1. The highest BCUT2D eigenvalue weighted by molar-refractivity contribution is 6.11. The largest absolute Gasteiger partial charge is 0.441 e. The lowest BCUT2D eigenvalue weighted by molar-refractivity contribution is -0.124. The Morgan fingerprint density at radius 3 is 2.51 bits per heavy atom. The second-order valence-corrected chi connectivity index (χ2v) is 12.0. The van der Waals surface area contributed by atoms with Gasteiger partial charge in [0.2, 0.25) is 5.91 Å². The summed E-state index contributed by atoms with van der Waals surface area (Å²) in [5, 5.41) is 14.0. The van der Waals surface area contributed by atoms with Gasteiger partial charge in [0, 0.05) is 42.6 Å². The number of rotatable bonds is 6. The highest BCUT2D eigenvalue weighted by atomic mass is 16.3. The monoisotopic (exact) mass is 574 g/mol. The Morgan fingerprint density at radius 2 is 1.79 bits per heavy atom. The fourth-order valence-corrected chi connectivity index (χ4v) is 5.75. The Kier molecular flexibility index (Phi) is 7.31. The minimum absolute atomic E-state index is 0.102. The van der Waals surface area contributed by atoms with Crippen LogP contribution < -0.4 is 10.2 Å². The van der Waals surface area contributed by atoms with E-state index in [1.807, 2.05) is 48.5 Å². The zero-order valence-electron chi connectivity index (χ0n) is 24.6. The molecule has 218 valence electrons. The van der Waals surface area contributed by atoms with E-state index < -0.39 is 30.0 Å². The maximum absolute atomic E-state index is 14.5. The molecule has 1 aliphatic rings. The average molecular weight is 575 g/mol. The van der Waals surface area contributed by atoms with Crippen LogP contribution in [-0.4, -0.2) is 33.0 Å². The van der Waals surface area contributed by atoms with Gasteiger partial charge in [0.05, 0.1) is 12.1 Å². The third kappa shape index (κ3) is 5.53. The predicted octanol–water partition coefficient (Wildman–Crippen LogP) is 5.99. The molecule has 0 aliphatic heterocycles. The molecular formula is C35H34N4O4. The summed E-state index contributed by atoms with van der Waals surface area (Å²) in [6.07, 6.45) is 2.87. The summed E-state index contributed by atoms with van der Waals surface area (Å²) in [4.78, 5) is 39.0. The van der Waals surface area contributed by atoms with Crippen LogP contribution >= 0.6 is 0 Å². The molecule has 0 saturated heterocycles. The molecule has 2 amide bonds. The lowest BCUT2D eigenvalue weighted by atomic mass is 9.87. The van der Waals surface area contributed by atoms with Crippen molar-refractivity contribution in [3.05, 3.63) is 125 Å². The quantitative estimate of drug-likeness (QED) is 0.258. The van der Waals surface area contributed by atoms with E-state index in [4.69, 9.17) is 4.42 Å². The standard InChI is InChI=1S/C35H34N4O4/c1-21-37-28-16-11-23(19-30(28)43-21)34(42)39(26-14-12-25(13-15-26)35(2,3)4)32(24-9-7-17-36-20-24)33(41)38-31-27-10-6-5-8-22(27)18-29(31)40/h5-17,19-20,29,31-32,40H,18H2,1-4H3,(H,38,41)/t29-,31+,32?/m1/s1. The fourth-order valence-electron chi connectivity index (χ4n) is 5.75. The summed E-state index contributed by atoms with van der Waals surface area (Å²) in [5.41, 5.74) is 5.39. The van der Waals surface area contributed by atoms with Gasteiger partial charge in [-0.3, -0.25) is 19.5 Å². The van der Waals surface area contributed by atoms with Crippen LogP contribution in [0.2, 0.25) is 0 Å². The SMILES string of the molecule is Cc1nc2ccc(C(=O)N(c3ccc(C(C)(C)C)cc3)C(C(=O)N[C@H]3c4ccccc4C[C@H]3O)c3cccnc3)cc2o1. The van der Waals surface area contributed by atoms with Gasteiger partial charge in [0.1, 0.15) is 11.6 Å². The number of carbonyl (C=O) groups excluding carboxylic acids is 2. The Morgan fingerprint density at radius 1 is 1.02 bits per heavy atom. The van der Waals surface area contributed by atoms with Gasteiger partial charge in [0.25, 0.3) is 5.91 Å². The smallest absolute Gasteiger partial charge is 0.259 e. The molecule has 8 nitrogen and oxygen atoms in total. The second-order valence-electron chi connectivity index (χ2n) is 12.0. The highest BCUT2D eigenvalue weighted by Crippen LogP contribution is 2.35. The average Bonchev–Trinajstić information content (AvgIpc) is 3.52. The van der Waals surface area contributed by atoms with Gasteiger partial charge in [-0.2, -0.15) is 0 Å². The van der Waals surface area contributed by atoms with E-state index >= 15 is 0 Å². The van der Waals surface area contributed by atoms with Crippen LogP contribution in [0.1, 0.15) is 71.4 Å². The minimum Gasteiger partial charge on any atom is -0.441 e. The maximum atomic E-state index is 14.5. The predicted molar refractivity (Wildman–Crippen MR) is 165 cm³/mol. The number of aromatic nitrogens is 2. The fraction of sp³-hybridized carbons (Fsp3) is 0.257. The molecule has 0 bridgehead atoms. The first-order chi connectivity index (χ1) is 20.6. The zero-order chi connectivity index (χ0) is 30.3. The minimum atomic E-state index is -1.09. The van der Waals surface area contributed by atoms with Gasteiger partial charge in [-0.25, -0.2) is 4.98 Å². The first kappa shape index (κ1) is 28.3. The summed E-state index contributed by atoms with van der Waals surface area (Å²) >= 11 is 0. The Hall–Kier alpha value is -4.82. The molecule has 0 saturated carbocycles. The second kappa shape index (κ2) is 11.1. The summed E-state index contributed by atoms with van der Waals surface area (Å²) in [6.45, 7) is 8.12. The molecule has 2 aromatic heterocycles. The third-order valence-electron chi connectivity index (χ3n) is 7.98. The van der Waals surface area contributed by atoms with Gasteiger partial charge in [-0.05, 0) is 58.5 Å². The number of nitrogens with zero attached hydrogens (tertiary/aromatic N) is 3. The van der Waals surface area contributed by atoms with Gasteiger partial charge in [-0.15, -0.1) is 0 Å². The van der Waals surface area contributed by atoms with Crippen LogP contribution in [0.5, 0.6) is 0 Å². The van der Waals surface area contributed by atoms with Crippen LogP contribution in [0.3, 0.4) is 0 Å². The van der Waals surface area contributed by atoms with Crippen LogP contribution in [0.4, 0.5) is 5.69 Å². The van der Waals surface area contributed by atoms with Crippen LogP contribution in [0.25, 0.3) is 11.1 Å². The number of benzene rings is 3. The molecule has 3 atom stereocenters. The van der Waals surface area contributed by atoms with Crippen molar-refractivity contribution in [3.8, 4) is 0 Å². The number of oxazole rings is 1. The molecule has 0 fully saturated rings. The van der Waals surface area contributed by atoms with Gasteiger partial charge < -0.3 is 14.8 Å². The van der Waals surface area contributed by atoms with Crippen molar-refractivity contribution >= 4 is 28.6 Å². The lowest BCUT2D eigenvalue weighted by Gasteiger charge is -2.33. The van der Waals surface area contributed by atoms with Gasteiger partial charge >= 0.3 is 0 Å². The Bertz CT molecular complexity index is 1790. The Labute approximate surface area is 250 Å². The Balaban J connectivity index is 1.46. The number of aryl methyl sites for hydroxylation is 1. The van der Waals surface area contributed by atoms with Crippen molar-refractivity contribution < 1.29 is 19.1 Å². The molecule has 2 N–H and O–H groups in total. The van der Waals surface area contributed by atoms with Crippen molar-refractivity contribution in [3.63, 3.8) is 0 Å². The number of aliphatic hydroxyl groups is 1. The van der Waals surface area contributed by atoms with E-state index in [1.54, 1.807) is 49.6 Å². The molecule has 8 heteroatoms. The molecule has 3 aromatic carbocycles. The molecule has 2 heterocycles. The number of fused-ring (bicyclic) bond motifs is 2. The van der Waals surface area contributed by atoms with E-state index in [2.05, 4.69) is 36.1 Å². The summed E-state index contributed by atoms with van der Waals surface area (Å²) in [7, 11) is 0. The molecule has 1 aliphatic carbocycles. The van der Waals surface area contributed by atoms with Crippen molar-refractivity contribution in [2.24, 2.45) is 0 Å². The number of amides is 2. The number of nitrogens with one attached hydrogen (secondary N) is 1. The molecule has 6 rings (SSSR count). The normalized spacial score (nSPS) is 17.0. The third-order valence-corrected chi connectivity index (χ3v) is 7.98. The summed E-state index contributed by atoms with van der Waals surface area (Å²) in [5.74, 6) is -0.327. The van der Waals surface area contributed by atoms with Crippen molar-refractivity contribution in [2.45, 2.75) is 57.7 Å². The molecule has 1 unspecified atom stereocenters. The number of anilines is 1. The highest BCUT2D eigenvalue weighted by Gasteiger charge is 2.38. The number of hydrogen-bond acceptors (Lipinski definition) is 6. The number of hydrogen-bond donors (Lipinski definition) is 2. The van der Waals surface area contributed by atoms with Gasteiger partial charge in [0.15, 0.2) is 11.5 Å². The maximum Gasteiger partial charge on any atom is 0.259 e. The van der Waals surface area contributed by atoms with E-state index in [9.17, 15) is 14.7 Å². The van der Waals surface area contributed by atoms with E-state index in [0.717, 1.165) is 16.7 Å². The van der Waals surface area contributed by atoms with E-state index in [-0.39, 0.29) is 5.41 Å². The van der Waals surface area contributed by atoms with Gasteiger partial charge in [-0.1, -0.05) is 63.2 Å². The van der Waals surface area contributed by atoms with Crippen LogP contribution in [0, 0.1) is 6.92 Å². The molecule has 0 spiro atoms. The zero-order valence-corrected chi connectivity index (χ0v) is 24.6. The van der Waals surface area contributed by atoms with E-state index in [1.165, 1.54) is 4.90 Å². The molecule has 0 radical (unpaired) electrons. The van der Waals surface area contributed by atoms with Crippen LogP contribution in [-0.2, 0) is 16.6 Å².